The zero-order valence-electron chi connectivity index (χ0n) is 7.25. The van der Waals surface area contributed by atoms with E-state index >= 15 is 0 Å². The first kappa shape index (κ1) is 7.25. The van der Waals surface area contributed by atoms with Crippen LogP contribution in [-0.2, 0) is 0 Å². The molecule has 3 aliphatic heterocycles. The predicted molar refractivity (Wildman–Crippen MR) is 54.7 cm³/mol. The summed E-state index contributed by atoms with van der Waals surface area (Å²) in [5, 5.41) is 0. The second-order valence-corrected chi connectivity index (χ2v) is 3.03. The van der Waals surface area contributed by atoms with Crippen LogP contribution in [0.2, 0.25) is 0 Å². The number of rotatable bonds is 0. The summed E-state index contributed by atoms with van der Waals surface area (Å²) < 4.78 is 0. The molecule has 68 valence electrons. The molecule has 0 atom stereocenters. The van der Waals surface area contributed by atoms with Gasteiger partial charge in [-0.15, -0.1) is 0 Å². The minimum Gasteiger partial charge on any atom is -0.399 e. The fraction of sp³-hybridized carbons (Fsp3) is 0. The van der Waals surface area contributed by atoms with Gasteiger partial charge in [-0.2, -0.15) is 0 Å². The maximum Gasteiger partial charge on any atom is 0.237 e. The van der Waals surface area contributed by atoms with E-state index in [4.69, 9.17) is 5.73 Å². The summed E-state index contributed by atoms with van der Waals surface area (Å²) in [4.78, 5) is 14.2. The van der Waals surface area contributed by atoms with E-state index in [1.54, 1.807) is 12.3 Å². The summed E-state index contributed by atoms with van der Waals surface area (Å²) in [6.45, 7) is 0. The number of guanidine groups is 1. The van der Waals surface area contributed by atoms with Crippen LogP contribution in [0.5, 0.6) is 0 Å². The van der Waals surface area contributed by atoms with Crippen molar-refractivity contribution in [2.75, 3.05) is 0 Å². The zero-order chi connectivity index (χ0) is 9.54. The molecule has 0 aromatic heterocycles. The van der Waals surface area contributed by atoms with Gasteiger partial charge in [-0.05, 0) is 12.2 Å². The van der Waals surface area contributed by atoms with Crippen molar-refractivity contribution in [3.8, 4) is 0 Å². The molecule has 5 heteroatoms. The SMILES string of the molecule is NC1=CC2=CC=NC3=NC=NC(=C1)N23. The third kappa shape index (κ3) is 0.861. The lowest BCUT2D eigenvalue weighted by molar-refractivity contribution is 0.615. The number of hydrogen-bond donors (Lipinski definition) is 1. The van der Waals surface area contributed by atoms with E-state index in [2.05, 4.69) is 15.0 Å². The molecule has 14 heavy (non-hydrogen) atoms. The Morgan fingerprint density at radius 2 is 2.14 bits per heavy atom. The third-order valence-electron chi connectivity index (χ3n) is 2.10. The molecule has 0 fully saturated rings. The predicted octanol–water partition coefficient (Wildman–Crippen LogP) is 0.352. The molecule has 3 rings (SSSR count). The standard InChI is InChI=1S/C9H7N5/c10-6-3-7-1-2-11-9-13-5-12-8(4-6)14(7)9/h1-5H,10H2. The monoisotopic (exact) mass is 185 g/mol. The normalized spacial score (nSPS) is 22.1. The Kier molecular flexibility index (Phi) is 1.25. The van der Waals surface area contributed by atoms with Crippen molar-refractivity contribution < 1.29 is 0 Å². The van der Waals surface area contributed by atoms with E-state index in [0.29, 0.717) is 11.7 Å². The Hall–Kier alpha value is -2.17. The van der Waals surface area contributed by atoms with Crippen molar-refractivity contribution >= 4 is 18.5 Å². The number of hydrogen-bond acceptors (Lipinski definition) is 5. The first-order valence-electron chi connectivity index (χ1n) is 4.18. The second kappa shape index (κ2) is 2.41. The smallest absolute Gasteiger partial charge is 0.237 e. The van der Waals surface area contributed by atoms with Gasteiger partial charge >= 0.3 is 0 Å². The number of allylic oxidation sites excluding steroid dienone is 3. The molecule has 0 unspecified atom stereocenters. The molecule has 0 aromatic rings. The van der Waals surface area contributed by atoms with Crippen molar-refractivity contribution in [3.63, 3.8) is 0 Å². The summed E-state index contributed by atoms with van der Waals surface area (Å²) in [5.41, 5.74) is 7.38. The molecule has 2 N–H and O–H groups in total. The lowest BCUT2D eigenvalue weighted by Gasteiger charge is -2.30. The van der Waals surface area contributed by atoms with Gasteiger partial charge in [-0.1, -0.05) is 0 Å². The lowest BCUT2D eigenvalue weighted by atomic mass is 10.2. The van der Waals surface area contributed by atoms with Gasteiger partial charge in [0.1, 0.15) is 12.2 Å². The van der Waals surface area contributed by atoms with Gasteiger partial charge in [-0.25, -0.2) is 15.0 Å². The van der Waals surface area contributed by atoms with E-state index < -0.39 is 0 Å². The topological polar surface area (TPSA) is 66.3 Å². The lowest BCUT2D eigenvalue weighted by Crippen LogP contribution is -2.33. The molecule has 0 bridgehead atoms. The second-order valence-electron chi connectivity index (χ2n) is 3.03. The highest BCUT2D eigenvalue weighted by atomic mass is 15.4. The highest BCUT2D eigenvalue weighted by Gasteiger charge is 2.25. The van der Waals surface area contributed by atoms with E-state index in [1.165, 1.54) is 6.34 Å². The van der Waals surface area contributed by atoms with Crippen LogP contribution in [0.25, 0.3) is 0 Å². The van der Waals surface area contributed by atoms with Gasteiger partial charge in [0.2, 0.25) is 5.96 Å². The molecule has 5 nitrogen and oxygen atoms in total. The van der Waals surface area contributed by atoms with Gasteiger partial charge in [0.25, 0.3) is 0 Å². The molecule has 0 saturated heterocycles. The molecule has 0 aliphatic carbocycles. The molecule has 0 spiro atoms. The van der Waals surface area contributed by atoms with Gasteiger partial charge < -0.3 is 5.73 Å². The molecule has 3 aliphatic rings. The highest BCUT2D eigenvalue weighted by molar-refractivity contribution is 6.01. The summed E-state index contributed by atoms with van der Waals surface area (Å²) in [6.07, 6.45) is 8.72. The first-order chi connectivity index (χ1) is 6.84. The van der Waals surface area contributed by atoms with E-state index in [-0.39, 0.29) is 0 Å². The van der Waals surface area contributed by atoms with Crippen molar-refractivity contribution in [3.05, 3.63) is 35.4 Å². The molecule has 0 saturated carbocycles. The Bertz CT molecular complexity index is 473. The van der Waals surface area contributed by atoms with E-state index in [1.807, 2.05) is 17.1 Å². The van der Waals surface area contributed by atoms with Crippen LogP contribution in [0.1, 0.15) is 0 Å². The minimum atomic E-state index is 0.632. The maximum absolute atomic E-state index is 5.74. The van der Waals surface area contributed by atoms with Crippen LogP contribution >= 0.6 is 0 Å². The van der Waals surface area contributed by atoms with Gasteiger partial charge in [-0.3, -0.25) is 4.90 Å². The Balaban J connectivity index is 2.23. The molecule has 0 aromatic carbocycles. The van der Waals surface area contributed by atoms with Gasteiger partial charge in [0.15, 0.2) is 0 Å². The number of nitrogens with zero attached hydrogens (tertiary/aromatic N) is 4. The minimum absolute atomic E-state index is 0.632. The van der Waals surface area contributed by atoms with Gasteiger partial charge in [0, 0.05) is 18.0 Å². The van der Waals surface area contributed by atoms with Crippen molar-refractivity contribution in [1.29, 1.82) is 0 Å². The van der Waals surface area contributed by atoms with Crippen molar-refractivity contribution in [1.82, 2.24) is 4.90 Å². The van der Waals surface area contributed by atoms with Crippen LogP contribution < -0.4 is 5.73 Å². The number of nitrogens with two attached hydrogens (primary N) is 1. The largest absolute Gasteiger partial charge is 0.399 e. The quantitative estimate of drug-likeness (QED) is 0.591. The Morgan fingerprint density at radius 1 is 1.21 bits per heavy atom. The van der Waals surface area contributed by atoms with Crippen LogP contribution in [0.3, 0.4) is 0 Å². The summed E-state index contributed by atoms with van der Waals surface area (Å²) in [6, 6.07) is 0. The van der Waals surface area contributed by atoms with Gasteiger partial charge in [0.05, 0.1) is 5.70 Å². The summed E-state index contributed by atoms with van der Waals surface area (Å²) in [5.74, 6) is 1.39. The van der Waals surface area contributed by atoms with Crippen LogP contribution in [0.4, 0.5) is 0 Å². The van der Waals surface area contributed by atoms with Crippen LogP contribution in [0.15, 0.2) is 50.4 Å². The van der Waals surface area contributed by atoms with Crippen LogP contribution in [0, 0.1) is 0 Å². The summed E-state index contributed by atoms with van der Waals surface area (Å²) in [7, 11) is 0. The Morgan fingerprint density at radius 3 is 3.07 bits per heavy atom. The average Bonchev–Trinajstić information content (AvgIpc) is 2.18. The van der Waals surface area contributed by atoms with Crippen molar-refractivity contribution in [2.24, 2.45) is 20.7 Å². The molecule has 3 heterocycles. The average molecular weight is 185 g/mol. The molecular weight excluding hydrogens is 178 g/mol. The fourth-order valence-electron chi connectivity index (χ4n) is 1.53. The molecular formula is C9H7N5. The van der Waals surface area contributed by atoms with Crippen molar-refractivity contribution in [2.45, 2.75) is 0 Å². The number of aliphatic imine (C=N–C) groups is 3. The van der Waals surface area contributed by atoms with Crippen LogP contribution in [-0.4, -0.2) is 23.4 Å². The molecule has 0 amide bonds. The van der Waals surface area contributed by atoms with E-state index in [9.17, 15) is 0 Å². The fourth-order valence-corrected chi connectivity index (χ4v) is 1.53. The highest BCUT2D eigenvalue weighted by Crippen LogP contribution is 2.26. The first-order valence-corrected chi connectivity index (χ1v) is 4.18. The third-order valence-corrected chi connectivity index (χ3v) is 2.10. The van der Waals surface area contributed by atoms with E-state index in [0.717, 1.165) is 11.5 Å². The summed E-state index contributed by atoms with van der Waals surface area (Å²) >= 11 is 0. The molecule has 0 radical (unpaired) electrons. The zero-order valence-corrected chi connectivity index (χ0v) is 7.25. The Labute approximate surface area is 80.4 Å². The maximum atomic E-state index is 5.74.